The molecule has 1 fully saturated rings. The van der Waals surface area contributed by atoms with Crippen LogP contribution >= 0.6 is 0 Å². The summed E-state index contributed by atoms with van der Waals surface area (Å²) < 4.78 is 39.5. The molecule has 4 heteroatoms. The van der Waals surface area contributed by atoms with Crippen molar-refractivity contribution in [2.24, 2.45) is 23.7 Å². The van der Waals surface area contributed by atoms with Gasteiger partial charge in [0, 0.05) is 11.5 Å². The minimum atomic E-state index is -4.31. The monoisotopic (exact) mass is 266 g/mol. The molecule has 0 aliphatic heterocycles. The summed E-state index contributed by atoms with van der Waals surface area (Å²) in [6, 6.07) is 8.29. The highest BCUT2D eigenvalue weighted by atomic mass is 19.4. The van der Waals surface area contributed by atoms with Gasteiger partial charge in [0.05, 0.1) is 5.92 Å². The van der Waals surface area contributed by atoms with Crippen molar-refractivity contribution in [3.63, 3.8) is 0 Å². The van der Waals surface area contributed by atoms with Crippen LogP contribution in [0.2, 0.25) is 0 Å². The fourth-order valence-corrected chi connectivity index (χ4v) is 3.42. The number of hydrogen-bond donors (Lipinski definition) is 0. The predicted molar refractivity (Wildman–Crippen MR) is 64.5 cm³/mol. The average Bonchev–Trinajstić information content (AvgIpc) is 2.98. The normalized spacial score (nSPS) is 32.8. The number of rotatable bonds is 2. The molecule has 2 aliphatic carbocycles. The van der Waals surface area contributed by atoms with E-state index in [-0.39, 0.29) is 11.7 Å². The summed E-state index contributed by atoms with van der Waals surface area (Å²) in [7, 11) is 0. The first-order valence-corrected chi connectivity index (χ1v) is 6.33. The largest absolute Gasteiger partial charge is 0.393 e. The van der Waals surface area contributed by atoms with Crippen LogP contribution in [0.3, 0.4) is 0 Å². The van der Waals surface area contributed by atoms with Crippen molar-refractivity contribution in [3.8, 4) is 0 Å². The first-order valence-electron chi connectivity index (χ1n) is 6.33. The number of halogens is 3. The number of benzene rings is 1. The van der Waals surface area contributed by atoms with Gasteiger partial charge in [-0.3, -0.25) is 4.79 Å². The SMILES string of the molecule is O=C(c1ccccc1)[C@H]1[C@H](C(F)(F)F)[C@@H]2C=C[C@H]1C2. The second kappa shape index (κ2) is 4.22. The molecule has 0 N–H and O–H groups in total. The molecule has 0 radical (unpaired) electrons. The van der Waals surface area contributed by atoms with Crippen molar-refractivity contribution < 1.29 is 18.0 Å². The molecule has 19 heavy (non-hydrogen) atoms. The fourth-order valence-electron chi connectivity index (χ4n) is 3.42. The molecule has 0 aromatic heterocycles. The quantitative estimate of drug-likeness (QED) is 0.586. The lowest BCUT2D eigenvalue weighted by Crippen LogP contribution is -2.37. The van der Waals surface area contributed by atoms with Gasteiger partial charge in [-0.1, -0.05) is 42.5 Å². The van der Waals surface area contributed by atoms with Gasteiger partial charge < -0.3 is 0 Å². The number of carbonyl (C=O) groups is 1. The van der Waals surface area contributed by atoms with Gasteiger partial charge in [0.15, 0.2) is 5.78 Å². The molecule has 1 aromatic carbocycles. The molecule has 2 aliphatic rings. The van der Waals surface area contributed by atoms with Gasteiger partial charge in [0.1, 0.15) is 0 Å². The first kappa shape index (κ1) is 12.5. The van der Waals surface area contributed by atoms with Gasteiger partial charge in [-0.15, -0.1) is 0 Å². The Balaban J connectivity index is 1.95. The second-order valence-electron chi connectivity index (χ2n) is 5.27. The van der Waals surface area contributed by atoms with Gasteiger partial charge in [0.25, 0.3) is 0 Å². The van der Waals surface area contributed by atoms with E-state index in [2.05, 4.69) is 0 Å². The number of ketones is 1. The van der Waals surface area contributed by atoms with E-state index in [1.54, 1.807) is 42.5 Å². The number of allylic oxidation sites excluding steroid dienone is 2. The Labute approximate surface area is 109 Å². The summed E-state index contributed by atoms with van der Waals surface area (Å²) in [6.07, 6.45) is -0.456. The van der Waals surface area contributed by atoms with Crippen LogP contribution in [0.25, 0.3) is 0 Å². The fraction of sp³-hybridized carbons (Fsp3) is 0.400. The zero-order valence-corrected chi connectivity index (χ0v) is 10.1. The maximum Gasteiger partial charge on any atom is 0.393 e. The molecular formula is C15H13F3O. The molecule has 100 valence electrons. The molecule has 0 heterocycles. The Morgan fingerprint density at radius 2 is 1.68 bits per heavy atom. The topological polar surface area (TPSA) is 17.1 Å². The van der Waals surface area contributed by atoms with E-state index < -0.39 is 23.9 Å². The summed E-state index contributed by atoms with van der Waals surface area (Å²) in [6.45, 7) is 0. The molecular weight excluding hydrogens is 253 g/mol. The van der Waals surface area contributed by atoms with Crippen LogP contribution in [0.1, 0.15) is 16.8 Å². The summed E-state index contributed by atoms with van der Waals surface area (Å²) in [5, 5.41) is 0. The lowest BCUT2D eigenvalue weighted by molar-refractivity contribution is -0.188. The highest BCUT2D eigenvalue weighted by Crippen LogP contribution is 2.55. The lowest BCUT2D eigenvalue weighted by Gasteiger charge is -2.28. The molecule has 0 saturated heterocycles. The molecule has 2 bridgehead atoms. The van der Waals surface area contributed by atoms with Crippen molar-refractivity contribution in [1.82, 2.24) is 0 Å². The van der Waals surface area contributed by atoms with Crippen molar-refractivity contribution in [3.05, 3.63) is 48.0 Å². The molecule has 1 nitrogen and oxygen atoms in total. The zero-order valence-electron chi connectivity index (χ0n) is 10.1. The van der Waals surface area contributed by atoms with Crippen molar-refractivity contribution >= 4 is 5.78 Å². The Bertz CT molecular complexity index is 518. The van der Waals surface area contributed by atoms with Gasteiger partial charge in [-0.25, -0.2) is 0 Å². The Hall–Kier alpha value is -1.58. The van der Waals surface area contributed by atoms with Crippen LogP contribution in [-0.2, 0) is 0 Å². The standard InChI is InChI=1S/C15H13F3O/c16-15(17,18)13-11-7-6-10(8-11)12(13)14(19)9-4-2-1-3-5-9/h1-7,10-13H,8H2/t10-,11+,12+,13+/m0/s1. The highest BCUT2D eigenvalue weighted by molar-refractivity contribution is 5.98. The molecule has 1 aromatic rings. The zero-order chi connectivity index (χ0) is 13.6. The van der Waals surface area contributed by atoms with Crippen LogP contribution in [0.5, 0.6) is 0 Å². The van der Waals surface area contributed by atoms with Crippen molar-refractivity contribution in [2.45, 2.75) is 12.6 Å². The maximum atomic E-state index is 13.2. The van der Waals surface area contributed by atoms with Crippen LogP contribution in [-0.4, -0.2) is 12.0 Å². The predicted octanol–water partition coefficient (Wildman–Crippen LogP) is 3.87. The number of carbonyl (C=O) groups excluding carboxylic acids is 1. The van der Waals surface area contributed by atoms with Crippen LogP contribution in [0.4, 0.5) is 13.2 Å². The maximum absolute atomic E-state index is 13.2. The summed E-state index contributed by atoms with van der Waals surface area (Å²) in [5.74, 6) is -3.63. The molecule has 0 spiro atoms. The second-order valence-corrected chi connectivity index (χ2v) is 5.27. The Kier molecular flexibility index (Phi) is 2.77. The average molecular weight is 266 g/mol. The Morgan fingerprint density at radius 1 is 1.05 bits per heavy atom. The minimum Gasteiger partial charge on any atom is -0.294 e. The third kappa shape index (κ3) is 1.99. The molecule has 4 atom stereocenters. The van der Waals surface area contributed by atoms with E-state index in [4.69, 9.17) is 0 Å². The van der Waals surface area contributed by atoms with Crippen LogP contribution < -0.4 is 0 Å². The smallest absolute Gasteiger partial charge is 0.294 e. The van der Waals surface area contributed by atoms with E-state index in [0.717, 1.165) is 0 Å². The molecule has 0 amide bonds. The van der Waals surface area contributed by atoms with E-state index in [0.29, 0.717) is 12.0 Å². The van der Waals surface area contributed by atoms with Crippen LogP contribution in [0.15, 0.2) is 42.5 Å². The number of hydrogen-bond acceptors (Lipinski definition) is 1. The van der Waals surface area contributed by atoms with E-state index in [1.165, 1.54) is 0 Å². The first-order chi connectivity index (χ1) is 8.98. The number of Topliss-reactive ketones (excluding diaryl/α,β-unsaturated/α-hetero) is 1. The van der Waals surface area contributed by atoms with Gasteiger partial charge in [-0.05, 0) is 18.3 Å². The van der Waals surface area contributed by atoms with E-state index in [1.807, 2.05) is 0 Å². The summed E-state index contributed by atoms with van der Waals surface area (Å²) in [5.41, 5.74) is 0.377. The third-order valence-electron chi connectivity index (χ3n) is 4.20. The summed E-state index contributed by atoms with van der Waals surface area (Å²) >= 11 is 0. The van der Waals surface area contributed by atoms with Crippen molar-refractivity contribution in [1.29, 1.82) is 0 Å². The lowest BCUT2D eigenvalue weighted by atomic mass is 9.78. The molecule has 0 unspecified atom stereocenters. The Morgan fingerprint density at radius 3 is 2.32 bits per heavy atom. The van der Waals surface area contributed by atoms with Gasteiger partial charge in [0.2, 0.25) is 0 Å². The minimum absolute atomic E-state index is 0.260. The van der Waals surface area contributed by atoms with E-state index >= 15 is 0 Å². The number of alkyl halides is 3. The molecule has 3 rings (SSSR count). The van der Waals surface area contributed by atoms with Crippen LogP contribution in [0, 0.1) is 23.7 Å². The summed E-state index contributed by atoms with van der Waals surface area (Å²) in [4.78, 5) is 12.4. The van der Waals surface area contributed by atoms with Crippen molar-refractivity contribution in [2.75, 3.05) is 0 Å². The van der Waals surface area contributed by atoms with E-state index in [9.17, 15) is 18.0 Å². The van der Waals surface area contributed by atoms with Gasteiger partial charge in [-0.2, -0.15) is 13.2 Å². The highest BCUT2D eigenvalue weighted by Gasteiger charge is 2.59. The number of fused-ring (bicyclic) bond motifs is 2. The van der Waals surface area contributed by atoms with Gasteiger partial charge >= 0.3 is 6.18 Å². The molecule has 1 saturated carbocycles. The third-order valence-corrected chi connectivity index (χ3v) is 4.20.